The van der Waals surface area contributed by atoms with Crippen LogP contribution in [0.1, 0.15) is 18.2 Å². The van der Waals surface area contributed by atoms with Crippen LogP contribution in [0, 0.1) is 6.92 Å². The van der Waals surface area contributed by atoms with Crippen molar-refractivity contribution >= 4 is 16.6 Å². The number of aromatic amines is 1. The third-order valence-corrected chi connectivity index (χ3v) is 4.44. The van der Waals surface area contributed by atoms with Gasteiger partial charge in [0.1, 0.15) is 11.5 Å². The smallest absolute Gasteiger partial charge is 0.153 e. The molecule has 6 heteroatoms. The fourth-order valence-electron chi connectivity index (χ4n) is 3.36. The first-order chi connectivity index (χ1) is 11.5. The zero-order valence-corrected chi connectivity index (χ0v) is 14.0. The second-order valence-corrected chi connectivity index (χ2v) is 6.57. The topological polar surface area (TPSA) is 73.4 Å². The molecule has 1 saturated heterocycles. The number of aryl methyl sites for hydroxylation is 1. The van der Waals surface area contributed by atoms with Crippen LogP contribution >= 0.6 is 0 Å². The van der Waals surface area contributed by atoms with Crippen LogP contribution in [0.3, 0.4) is 0 Å². The molecule has 0 saturated carbocycles. The molecule has 1 unspecified atom stereocenters. The first-order valence-corrected chi connectivity index (χ1v) is 8.24. The summed E-state index contributed by atoms with van der Waals surface area (Å²) in [5.74, 6) is 0.929. The van der Waals surface area contributed by atoms with Crippen LogP contribution in [0.2, 0.25) is 0 Å². The van der Waals surface area contributed by atoms with E-state index in [2.05, 4.69) is 32.3 Å². The van der Waals surface area contributed by atoms with Crippen molar-refractivity contribution in [2.75, 3.05) is 26.3 Å². The Morgan fingerprint density at radius 3 is 2.92 bits per heavy atom. The van der Waals surface area contributed by atoms with Crippen LogP contribution in [0.5, 0.6) is 0 Å². The van der Waals surface area contributed by atoms with Gasteiger partial charge in [-0.1, -0.05) is 0 Å². The van der Waals surface area contributed by atoms with Gasteiger partial charge >= 0.3 is 0 Å². The van der Waals surface area contributed by atoms with Crippen molar-refractivity contribution in [1.29, 1.82) is 0 Å². The van der Waals surface area contributed by atoms with Crippen LogP contribution in [0.25, 0.3) is 16.6 Å². The maximum absolute atomic E-state index is 10.7. The number of pyridine rings is 1. The number of allylic oxidation sites excluding steroid dienone is 2. The largest absolute Gasteiger partial charge is 0.378 e. The molecule has 2 aliphatic rings. The number of fused-ring (bicyclic) bond motifs is 1. The molecule has 2 aromatic rings. The minimum Gasteiger partial charge on any atom is -0.378 e. The van der Waals surface area contributed by atoms with Gasteiger partial charge in [-0.15, -0.1) is 0 Å². The molecule has 0 spiro atoms. The number of morpholine rings is 1. The summed E-state index contributed by atoms with van der Waals surface area (Å²) >= 11 is 0. The summed E-state index contributed by atoms with van der Waals surface area (Å²) in [6.07, 6.45) is 5.75. The Labute approximate surface area is 140 Å². The van der Waals surface area contributed by atoms with Gasteiger partial charge in [0.2, 0.25) is 0 Å². The summed E-state index contributed by atoms with van der Waals surface area (Å²) in [7, 11) is 0. The number of dihydropyridines is 1. The zero-order valence-electron chi connectivity index (χ0n) is 14.0. The molecule has 1 atom stereocenters. The third-order valence-electron chi connectivity index (χ3n) is 4.44. The lowest BCUT2D eigenvalue weighted by Gasteiger charge is -2.37. The quantitative estimate of drug-likeness (QED) is 0.784. The monoisotopic (exact) mass is 326 g/mol. The average molecular weight is 326 g/mol. The summed E-state index contributed by atoms with van der Waals surface area (Å²) in [6.45, 7) is 6.83. The Hall–Kier alpha value is -2.31. The first-order valence-electron chi connectivity index (χ1n) is 8.24. The summed E-state index contributed by atoms with van der Waals surface area (Å²) < 4.78 is 5.43. The van der Waals surface area contributed by atoms with Crippen LogP contribution in [0.4, 0.5) is 0 Å². The van der Waals surface area contributed by atoms with Crippen LogP contribution in [-0.4, -0.2) is 52.0 Å². The molecule has 0 bridgehead atoms. The van der Waals surface area contributed by atoms with Gasteiger partial charge in [-0.3, -0.25) is 0 Å². The van der Waals surface area contributed by atoms with E-state index in [0.717, 1.165) is 46.8 Å². The van der Waals surface area contributed by atoms with Crippen molar-refractivity contribution in [2.24, 2.45) is 0 Å². The number of hydrogen-bond acceptors (Lipinski definition) is 5. The van der Waals surface area contributed by atoms with Crippen molar-refractivity contribution in [3.05, 3.63) is 47.6 Å². The van der Waals surface area contributed by atoms with E-state index in [1.807, 2.05) is 19.1 Å². The van der Waals surface area contributed by atoms with Crippen LogP contribution < -0.4 is 5.32 Å². The summed E-state index contributed by atoms with van der Waals surface area (Å²) in [4.78, 5) is 9.88. The minimum atomic E-state index is -1.10. The molecule has 3 N–H and O–H groups in total. The molecule has 0 aromatic carbocycles. The lowest BCUT2D eigenvalue weighted by molar-refractivity contribution is 0.0301. The number of hydrogen-bond donors (Lipinski definition) is 3. The highest BCUT2D eigenvalue weighted by atomic mass is 16.5. The van der Waals surface area contributed by atoms with Crippen LogP contribution in [0.15, 0.2) is 36.3 Å². The van der Waals surface area contributed by atoms with Gasteiger partial charge in [0.05, 0.1) is 13.2 Å². The third kappa shape index (κ3) is 2.79. The number of ether oxygens (including phenoxy) is 1. The number of nitrogens with one attached hydrogen (secondary N) is 2. The Morgan fingerprint density at radius 1 is 1.33 bits per heavy atom. The number of aliphatic hydroxyl groups is 1. The predicted octanol–water partition coefficient (Wildman–Crippen LogP) is 1.74. The highest BCUT2D eigenvalue weighted by Crippen LogP contribution is 2.31. The molecule has 0 radical (unpaired) electrons. The number of aromatic nitrogens is 2. The predicted molar refractivity (Wildman–Crippen MR) is 93.0 cm³/mol. The SMILES string of the molecule is Cc1cc2c(C3=CC(C)(O)NC(N4CCOCC4)=C3)ccnc2[nH]1. The fraction of sp³-hybridized carbons (Fsp3) is 0.389. The lowest BCUT2D eigenvalue weighted by atomic mass is 9.97. The van der Waals surface area contributed by atoms with Gasteiger partial charge in [-0.2, -0.15) is 0 Å². The van der Waals surface area contributed by atoms with E-state index < -0.39 is 5.72 Å². The van der Waals surface area contributed by atoms with Crippen molar-refractivity contribution < 1.29 is 9.84 Å². The Balaban J connectivity index is 1.79. The van der Waals surface area contributed by atoms with Crippen molar-refractivity contribution in [3.63, 3.8) is 0 Å². The standard InChI is InChI=1S/C18H22N4O2/c1-12-9-15-14(3-4-19-17(15)20-12)13-10-16(21-18(2,23)11-13)22-5-7-24-8-6-22/h3-4,9-11,21,23H,5-8H2,1-2H3,(H,19,20). The number of rotatable bonds is 2. The van der Waals surface area contributed by atoms with Gasteiger partial charge in [0.25, 0.3) is 0 Å². The summed E-state index contributed by atoms with van der Waals surface area (Å²) in [6, 6.07) is 4.09. The maximum Gasteiger partial charge on any atom is 0.153 e. The second-order valence-electron chi connectivity index (χ2n) is 6.57. The van der Waals surface area contributed by atoms with E-state index in [1.54, 1.807) is 13.1 Å². The Morgan fingerprint density at radius 2 is 2.12 bits per heavy atom. The molecule has 4 heterocycles. The van der Waals surface area contributed by atoms with E-state index in [0.29, 0.717) is 13.2 Å². The Kier molecular flexibility index (Phi) is 3.58. The molecule has 1 fully saturated rings. The highest BCUT2D eigenvalue weighted by Gasteiger charge is 2.27. The zero-order chi connectivity index (χ0) is 16.7. The van der Waals surface area contributed by atoms with Crippen molar-refractivity contribution in [1.82, 2.24) is 20.2 Å². The molecule has 2 aliphatic heterocycles. The van der Waals surface area contributed by atoms with Gasteiger partial charge in [0.15, 0.2) is 5.72 Å². The van der Waals surface area contributed by atoms with Crippen molar-refractivity contribution in [2.45, 2.75) is 19.6 Å². The number of nitrogens with zero attached hydrogens (tertiary/aromatic N) is 2. The molecular weight excluding hydrogens is 304 g/mol. The van der Waals surface area contributed by atoms with E-state index in [4.69, 9.17) is 4.74 Å². The van der Waals surface area contributed by atoms with Gasteiger partial charge in [-0.25, -0.2) is 4.98 Å². The highest BCUT2D eigenvalue weighted by molar-refractivity contribution is 5.94. The second kappa shape index (κ2) is 5.65. The van der Waals surface area contributed by atoms with Gasteiger partial charge in [-0.05, 0) is 49.3 Å². The minimum absolute atomic E-state index is 0.705. The van der Waals surface area contributed by atoms with Gasteiger partial charge in [0, 0.05) is 30.4 Å². The van der Waals surface area contributed by atoms with Crippen molar-refractivity contribution in [3.8, 4) is 0 Å². The molecule has 4 rings (SSSR count). The normalized spacial score (nSPS) is 24.5. The number of H-pyrrole nitrogens is 1. The fourth-order valence-corrected chi connectivity index (χ4v) is 3.36. The first kappa shape index (κ1) is 15.2. The maximum atomic E-state index is 10.7. The molecule has 6 nitrogen and oxygen atoms in total. The summed E-state index contributed by atoms with van der Waals surface area (Å²) in [5, 5.41) is 14.9. The van der Waals surface area contributed by atoms with E-state index >= 15 is 0 Å². The summed E-state index contributed by atoms with van der Waals surface area (Å²) in [5.41, 5.74) is 2.90. The van der Waals surface area contributed by atoms with Crippen LogP contribution in [-0.2, 0) is 4.74 Å². The lowest BCUT2D eigenvalue weighted by Crippen LogP contribution is -2.49. The molecule has 0 amide bonds. The van der Waals surface area contributed by atoms with Gasteiger partial charge < -0.3 is 25.0 Å². The Bertz CT molecular complexity index is 829. The molecule has 24 heavy (non-hydrogen) atoms. The van der Waals surface area contributed by atoms with E-state index in [9.17, 15) is 5.11 Å². The molecular formula is C18H22N4O2. The molecule has 126 valence electrons. The van der Waals surface area contributed by atoms with E-state index in [-0.39, 0.29) is 0 Å². The molecule has 0 aliphatic carbocycles. The molecule has 2 aromatic heterocycles. The average Bonchev–Trinajstić information content (AvgIpc) is 2.94. The van der Waals surface area contributed by atoms with E-state index in [1.165, 1.54) is 0 Å².